The topological polar surface area (TPSA) is 65.0 Å². The van der Waals surface area contributed by atoms with E-state index in [1.807, 2.05) is 27.7 Å². The zero-order chi connectivity index (χ0) is 18.0. The number of benzene rings is 2. The molecule has 2 aromatic carbocycles. The fourth-order valence-corrected chi connectivity index (χ4v) is 2.47. The second-order valence-electron chi connectivity index (χ2n) is 5.95. The molecule has 2 rings (SSSR count). The van der Waals surface area contributed by atoms with Crippen LogP contribution in [0.2, 0.25) is 5.02 Å². The molecular formula is C18H21ClO5. The first kappa shape index (κ1) is 18.2. The van der Waals surface area contributed by atoms with E-state index in [4.69, 9.17) is 25.8 Å². The lowest BCUT2D eigenvalue weighted by atomic mass is 10.1. The highest BCUT2D eigenvalue weighted by Crippen LogP contribution is 2.51. The number of hydrogen-bond donors (Lipinski definition) is 1. The molecule has 0 bridgehead atoms. The number of hydrogen-bond acceptors (Lipinski definition) is 5. The summed E-state index contributed by atoms with van der Waals surface area (Å²) in [6.45, 7) is 8.62. The molecule has 0 fully saturated rings. The minimum atomic E-state index is -0.499. The van der Waals surface area contributed by atoms with Crippen molar-refractivity contribution >= 4 is 28.3 Å². The third-order valence-corrected chi connectivity index (χ3v) is 3.30. The van der Waals surface area contributed by atoms with Gasteiger partial charge < -0.3 is 19.3 Å². The van der Waals surface area contributed by atoms with Crippen molar-refractivity contribution in [3.05, 3.63) is 23.2 Å². The normalized spacial score (nSPS) is 11.2. The van der Waals surface area contributed by atoms with Crippen molar-refractivity contribution in [2.24, 2.45) is 0 Å². The molecule has 0 amide bonds. The highest BCUT2D eigenvalue weighted by molar-refractivity contribution is 6.31. The van der Waals surface area contributed by atoms with E-state index in [9.17, 15) is 9.90 Å². The molecule has 0 spiro atoms. The number of carbonyl (C=O) groups is 1. The van der Waals surface area contributed by atoms with E-state index in [0.29, 0.717) is 15.8 Å². The van der Waals surface area contributed by atoms with E-state index in [1.165, 1.54) is 6.92 Å². The summed E-state index contributed by atoms with van der Waals surface area (Å²) in [6, 6.07) is 4.91. The Labute approximate surface area is 146 Å². The second kappa shape index (κ2) is 7.18. The first-order valence-electron chi connectivity index (χ1n) is 7.70. The van der Waals surface area contributed by atoms with Crippen LogP contribution in [0.25, 0.3) is 10.8 Å². The Kier molecular flexibility index (Phi) is 5.44. The highest BCUT2D eigenvalue weighted by Gasteiger charge is 2.26. The number of halogens is 1. The van der Waals surface area contributed by atoms with Crippen molar-refractivity contribution < 1.29 is 24.1 Å². The first-order chi connectivity index (χ1) is 11.2. The van der Waals surface area contributed by atoms with E-state index in [0.717, 1.165) is 0 Å². The maximum absolute atomic E-state index is 11.6. The third-order valence-electron chi connectivity index (χ3n) is 3.06. The summed E-state index contributed by atoms with van der Waals surface area (Å²) in [6.07, 6.45) is -0.426. The Morgan fingerprint density at radius 3 is 2.12 bits per heavy atom. The van der Waals surface area contributed by atoms with Crippen LogP contribution < -0.4 is 14.2 Å². The van der Waals surface area contributed by atoms with Crippen molar-refractivity contribution in [2.75, 3.05) is 0 Å². The van der Waals surface area contributed by atoms with Crippen LogP contribution in [-0.4, -0.2) is 23.3 Å². The molecule has 0 aliphatic heterocycles. The molecule has 0 heterocycles. The van der Waals surface area contributed by atoms with E-state index in [-0.39, 0.29) is 35.2 Å². The van der Waals surface area contributed by atoms with Gasteiger partial charge >= 0.3 is 5.97 Å². The average Bonchev–Trinajstić information content (AvgIpc) is 2.46. The van der Waals surface area contributed by atoms with Crippen LogP contribution in [0.5, 0.6) is 23.0 Å². The van der Waals surface area contributed by atoms with Crippen LogP contribution in [0.3, 0.4) is 0 Å². The summed E-state index contributed by atoms with van der Waals surface area (Å²) < 4.78 is 16.9. The molecular weight excluding hydrogens is 332 g/mol. The summed E-state index contributed by atoms with van der Waals surface area (Å²) in [5, 5.41) is 12.0. The summed E-state index contributed by atoms with van der Waals surface area (Å²) in [4.78, 5) is 11.6. The van der Waals surface area contributed by atoms with Crippen LogP contribution in [0, 0.1) is 0 Å². The van der Waals surface area contributed by atoms with E-state index in [1.54, 1.807) is 18.2 Å². The van der Waals surface area contributed by atoms with Crippen molar-refractivity contribution in [1.29, 1.82) is 0 Å². The predicted octanol–water partition coefficient (Wildman–Crippen LogP) is 4.70. The third kappa shape index (κ3) is 3.85. The zero-order valence-corrected chi connectivity index (χ0v) is 15.1. The smallest absolute Gasteiger partial charge is 0.308 e. The van der Waals surface area contributed by atoms with E-state index < -0.39 is 5.97 Å². The first-order valence-corrected chi connectivity index (χ1v) is 8.08. The van der Waals surface area contributed by atoms with Gasteiger partial charge in [-0.05, 0) is 45.9 Å². The summed E-state index contributed by atoms with van der Waals surface area (Å²) in [5.74, 6) is -0.0731. The van der Waals surface area contributed by atoms with Crippen LogP contribution in [0.15, 0.2) is 18.2 Å². The number of aromatic hydroxyl groups is 1. The molecule has 0 radical (unpaired) electrons. The zero-order valence-electron chi connectivity index (χ0n) is 14.3. The number of esters is 1. The standard InChI is InChI=1S/C18H21ClO5/c1-9(2)22-17-15(21)14-8-12(19)6-7-13(14)16(24-11(5)20)18(17)23-10(3)4/h6-10,21H,1-5H3. The number of rotatable bonds is 5. The fourth-order valence-electron chi connectivity index (χ4n) is 2.30. The van der Waals surface area contributed by atoms with Gasteiger partial charge in [-0.2, -0.15) is 0 Å². The monoisotopic (exact) mass is 352 g/mol. The molecule has 24 heavy (non-hydrogen) atoms. The minimum absolute atomic E-state index is 0.104. The van der Waals surface area contributed by atoms with Gasteiger partial charge in [0.2, 0.25) is 11.5 Å². The van der Waals surface area contributed by atoms with Crippen molar-refractivity contribution in [3.8, 4) is 23.0 Å². The van der Waals surface area contributed by atoms with Gasteiger partial charge in [0.1, 0.15) is 0 Å². The number of fused-ring (bicyclic) bond motifs is 1. The Morgan fingerprint density at radius 2 is 1.58 bits per heavy atom. The maximum Gasteiger partial charge on any atom is 0.308 e. The fraction of sp³-hybridized carbons (Fsp3) is 0.389. The highest BCUT2D eigenvalue weighted by atomic mass is 35.5. The molecule has 0 atom stereocenters. The molecule has 130 valence electrons. The molecule has 6 heteroatoms. The number of carbonyl (C=O) groups excluding carboxylic acids is 1. The minimum Gasteiger partial charge on any atom is -0.504 e. The van der Waals surface area contributed by atoms with Gasteiger partial charge in [-0.15, -0.1) is 0 Å². The quantitative estimate of drug-likeness (QED) is 0.624. The van der Waals surface area contributed by atoms with Gasteiger partial charge in [0.05, 0.1) is 12.2 Å². The molecule has 0 unspecified atom stereocenters. The Bertz CT molecular complexity index is 768. The summed E-state index contributed by atoms with van der Waals surface area (Å²) >= 11 is 6.04. The maximum atomic E-state index is 11.6. The molecule has 0 saturated heterocycles. The van der Waals surface area contributed by atoms with Gasteiger partial charge in [0.25, 0.3) is 0 Å². The molecule has 0 saturated carbocycles. The molecule has 0 aliphatic carbocycles. The van der Waals surface area contributed by atoms with Gasteiger partial charge in [0, 0.05) is 22.7 Å². The predicted molar refractivity (Wildman–Crippen MR) is 93.5 cm³/mol. The lowest BCUT2D eigenvalue weighted by molar-refractivity contribution is -0.131. The lowest BCUT2D eigenvalue weighted by Crippen LogP contribution is -2.13. The Balaban J connectivity index is 2.87. The van der Waals surface area contributed by atoms with Crippen LogP contribution in [-0.2, 0) is 4.79 Å². The molecule has 1 N–H and O–H groups in total. The van der Waals surface area contributed by atoms with Gasteiger partial charge in [0.15, 0.2) is 11.5 Å². The molecule has 0 aliphatic rings. The van der Waals surface area contributed by atoms with Gasteiger partial charge in [-0.3, -0.25) is 4.79 Å². The molecule has 0 aromatic heterocycles. The van der Waals surface area contributed by atoms with E-state index in [2.05, 4.69) is 0 Å². The van der Waals surface area contributed by atoms with Gasteiger partial charge in [-0.25, -0.2) is 0 Å². The summed E-state index contributed by atoms with van der Waals surface area (Å²) in [7, 11) is 0. The number of ether oxygens (including phenoxy) is 3. The van der Waals surface area contributed by atoms with Crippen molar-refractivity contribution in [1.82, 2.24) is 0 Å². The second-order valence-corrected chi connectivity index (χ2v) is 6.39. The van der Waals surface area contributed by atoms with Crippen molar-refractivity contribution in [2.45, 2.75) is 46.8 Å². The van der Waals surface area contributed by atoms with Crippen LogP contribution in [0.1, 0.15) is 34.6 Å². The lowest BCUT2D eigenvalue weighted by Gasteiger charge is -2.22. The number of phenols is 1. The molecule has 2 aromatic rings. The van der Waals surface area contributed by atoms with Crippen LogP contribution in [0.4, 0.5) is 0 Å². The van der Waals surface area contributed by atoms with E-state index >= 15 is 0 Å². The Morgan fingerprint density at radius 1 is 1.00 bits per heavy atom. The average molecular weight is 353 g/mol. The van der Waals surface area contributed by atoms with Crippen LogP contribution >= 0.6 is 11.6 Å². The SMILES string of the molecule is CC(=O)Oc1c(OC(C)C)c(OC(C)C)c(O)c2cc(Cl)ccc12. The summed E-state index contributed by atoms with van der Waals surface area (Å²) in [5.41, 5.74) is 0. The molecule has 5 nitrogen and oxygen atoms in total. The van der Waals surface area contributed by atoms with Crippen molar-refractivity contribution in [3.63, 3.8) is 0 Å². The largest absolute Gasteiger partial charge is 0.504 e. The Hall–Kier alpha value is -2.14. The van der Waals surface area contributed by atoms with Gasteiger partial charge in [-0.1, -0.05) is 11.6 Å². The number of phenolic OH excluding ortho intramolecular Hbond substituents is 1.